The summed E-state index contributed by atoms with van der Waals surface area (Å²) in [5, 5.41) is 5.70. The number of aryl methyl sites for hydroxylation is 1. The highest BCUT2D eigenvalue weighted by molar-refractivity contribution is 7.14. The summed E-state index contributed by atoms with van der Waals surface area (Å²) >= 11 is 1.35. The van der Waals surface area contributed by atoms with E-state index in [1.54, 1.807) is 30.6 Å². The molecule has 0 aliphatic carbocycles. The number of fused-ring (bicyclic) bond motifs is 1. The van der Waals surface area contributed by atoms with Gasteiger partial charge < -0.3 is 5.32 Å². The van der Waals surface area contributed by atoms with Crippen LogP contribution in [0.4, 0.5) is 5.13 Å². The van der Waals surface area contributed by atoms with Crippen LogP contribution in [0, 0.1) is 0 Å². The predicted octanol–water partition coefficient (Wildman–Crippen LogP) is 2.94. The van der Waals surface area contributed by atoms with Gasteiger partial charge in [-0.2, -0.15) is 0 Å². The van der Waals surface area contributed by atoms with E-state index >= 15 is 0 Å². The Balaban J connectivity index is 1.41. The molecule has 1 N–H and O–H groups in total. The summed E-state index contributed by atoms with van der Waals surface area (Å²) in [6.07, 6.45) is 5.05. The normalized spacial score (nSPS) is 10.8. The van der Waals surface area contributed by atoms with E-state index in [9.17, 15) is 9.59 Å². The standard InChI is InChI=1S/C19H15N5O2S/c25-17(23-19-22-16(11-27-19)13-4-3-8-20-10-13)7-9-24-12-21-15-6-2-1-5-14(15)18(24)26/h1-6,8,10-12H,7,9H2,(H,22,23,25). The molecule has 1 aromatic carbocycles. The first-order valence-corrected chi connectivity index (χ1v) is 9.18. The van der Waals surface area contributed by atoms with E-state index in [2.05, 4.69) is 20.3 Å². The van der Waals surface area contributed by atoms with E-state index in [1.807, 2.05) is 23.6 Å². The highest BCUT2D eigenvalue weighted by Crippen LogP contribution is 2.24. The van der Waals surface area contributed by atoms with Crippen LogP contribution >= 0.6 is 11.3 Å². The Bertz CT molecular complexity index is 1150. The monoisotopic (exact) mass is 377 g/mol. The number of benzene rings is 1. The summed E-state index contributed by atoms with van der Waals surface area (Å²) in [5.74, 6) is -0.206. The van der Waals surface area contributed by atoms with Crippen molar-refractivity contribution in [3.8, 4) is 11.3 Å². The fourth-order valence-electron chi connectivity index (χ4n) is 2.65. The van der Waals surface area contributed by atoms with Gasteiger partial charge in [-0.3, -0.25) is 19.1 Å². The number of rotatable bonds is 5. The lowest BCUT2D eigenvalue weighted by Crippen LogP contribution is -2.23. The quantitative estimate of drug-likeness (QED) is 0.577. The second-order valence-corrected chi connectivity index (χ2v) is 6.70. The van der Waals surface area contributed by atoms with Crippen molar-refractivity contribution in [2.45, 2.75) is 13.0 Å². The third kappa shape index (κ3) is 3.75. The van der Waals surface area contributed by atoms with E-state index in [0.717, 1.165) is 11.3 Å². The molecule has 0 bridgehead atoms. The first-order chi connectivity index (χ1) is 13.2. The number of nitrogens with one attached hydrogen (secondary N) is 1. The zero-order valence-corrected chi connectivity index (χ0v) is 15.0. The number of nitrogens with zero attached hydrogens (tertiary/aromatic N) is 4. The van der Waals surface area contributed by atoms with Gasteiger partial charge in [0.25, 0.3) is 5.56 Å². The number of thiazole rings is 1. The van der Waals surface area contributed by atoms with Gasteiger partial charge in [0.15, 0.2) is 5.13 Å². The summed E-state index contributed by atoms with van der Waals surface area (Å²) in [4.78, 5) is 37.4. The van der Waals surface area contributed by atoms with Crippen LogP contribution in [-0.4, -0.2) is 25.4 Å². The molecule has 134 valence electrons. The van der Waals surface area contributed by atoms with Crippen LogP contribution in [0.1, 0.15) is 6.42 Å². The second-order valence-electron chi connectivity index (χ2n) is 5.84. The zero-order valence-electron chi connectivity index (χ0n) is 14.2. The third-order valence-corrected chi connectivity index (χ3v) is 4.78. The van der Waals surface area contributed by atoms with Gasteiger partial charge in [-0.25, -0.2) is 9.97 Å². The molecule has 0 saturated heterocycles. The van der Waals surface area contributed by atoms with Crippen molar-refractivity contribution in [2.24, 2.45) is 0 Å². The molecular formula is C19H15N5O2S. The Kier molecular flexibility index (Phi) is 4.71. The Morgan fingerprint density at radius 1 is 1.19 bits per heavy atom. The molecular weight excluding hydrogens is 362 g/mol. The van der Waals surface area contributed by atoms with Gasteiger partial charge in [0.2, 0.25) is 5.91 Å². The van der Waals surface area contributed by atoms with Crippen LogP contribution in [0.25, 0.3) is 22.2 Å². The third-order valence-electron chi connectivity index (χ3n) is 4.02. The molecule has 0 saturated carbocycles. The summed E-state index contributed by atoms with van der Waals surface area (Å²) in [6.45, 7) is 0.253. The summed E-state index contributed by atoms with van der Waals surface area (Å²) in [7, 11) is 0. The maximum Gasteiger partial charge on any atom is 0.261 e. The number of aromatic nitrogens is 4. The fraction of sp³-hybridized carbons (Fsp3) is 0.105. The Labute approximate surface area is 158 Å². The van der Waals surface area contributed by atoms with Gasteiger partial charge in [-0.05, 0) is 24.3 Å². The molecule has 3 heterocycles. The molecule has 3 aromatic heterocycles. The molecule has 0 spiro atoms. The van der Waals surface area contributed by atoms with E-state index < -0.39 is 0 Å². The minimum atomic E-state index is -0.206. The van der Waals surface area contributed by atoms with E-state index in [-0.39, 0.29) is 24.4 Å². The molecule has 8 heteroatoms. The van der Waals surface area contributed by atoms with Crippen LogP contribution in [0.3, 0.4) is 0 Å². The van der Waals surface area contributed by atoms with E-state index in [4.69, 9.17) is 0 Å². The molecule has 0 unspecified atom stereocenters. The van der Waals surface area contributed by atoms with Crippen LogP contribution in [0.15, 0.2) is 65.3 Å². The molecule has 0 aliphatic rings. The molecule has 0 fully saturated rings. The van der Waals surface area contributed by atoms with Crippen molar-refractivity contribution in [1.82, 2.24) is 19.5 Å². The van der Waals surface area contributed by atoms with Crippen LogP contribution < -0.4 is 10.9 Å². The molecule has 0 radical (unpaired) electrons. The number of hydrogen-bond acceptors (Lipinski definition) is 6. The maximum absolute atomic E-state index is 12.4. The van der Waals surface area contributed by atoms with Crippen molar-refractivity contribution in [3.05, 3.63) is 70.9 Å². The van der Waals surface area contributed by atoms with Crippen molar-refractivity contribution >= 4 is 33.3 Å². The van der Waals surface area contributed by atoms with E-state index in [1.165, 1.54) is 22.2 Å². The van der Waals surface area contributed by atoms with Gasteiger partial charge in [-0.1, -0.05) is 12.1 Å². The first-order valence-electron chi connectivity index (χ1n) is 8.31. The van der Waals surface area contributed by atoms with Gasteiger partial charge >= 0.3 is 0 Å². The average Bonchev–Trinajstić information content (AvgIpc) is 3.17. The van der Waals surface area contributed by atoms with Crippen LogP contribution in [0.5, 0.6) is 0 Å². The van der Waals surface area contributed by atoms with Crippen LogP contribution in [-0.2, 0) is 11.3 Å². The molecule has 4 aromatic rings. The Morgan fingerprint density at radius 3 is 2.93 bits per heavy atom. The Hall–Kier alpha value is -3.39. The molecule has 1 amide bonds. The lowest BCUT2D eigenvalue weighted by atomic mass is 10.2. The number of pyridine rings is 1. The van der Waals surface area contributed by atoms with Gasteiger partial charge in [0.1, 0.15) is 0 Å². The lowest BCUT2D eigenvalue weighted by Gasteiger charge is -2.06. The predicted molar refractivity (Wildman–Crippen MR) is 105 cm³/mol. The molecule has 0 atom stereocenters. The van der Waals surface area contributed by atoms with Gasteiger partial charge in [-0.15, -0.1) is 11.3 Å². The smallest absolute Gasteiger partial charge is 0.261 e. The molecule has 4 rings (SSSR count). The number of anilines is 1. The summed E-state index contributed by atoms with van der Waals surface area (Å²) in [5.41, 5.74) is 2.15. The number of hydrogen-bond donors (Lipinski definition) is 1. The number of carbonyl (C=O) groups excluding carboxylic acids is 1. The lowest BCUT2D eigenvalue weighted by molar-refractivity contribution is -0.116. The van der Waals surface area contributed by atoms with Gasteiger partial charge in [0, 0.05) is 36.3 Å². The average molecular weight is 377 g/mol. The Morgan fingerprint density at radius 2 is 2.07 bits per heavy atom. The number of amides is 1. The van der Waals surface area contributed by atoms with E-state index in [0.29, 0.717) is 16.0 Å². The topological polar surface area (TPSA) is 89.8 Å². The summed E-state index contributed by atoms with van der Waals surface area (Å²) in [6, 6.07) is 10.9. The highest BCUT2D eigenvalue weighted by atomic mass is 32.1. The highest BCUT2D eigenvalue weighted by Gasteiger charge is 2.10. The fourth-order valence-corrected chi connectivity index (χ4v) is 3.38. The van der Waals surface area contributed by atoms with Crippen molar-refractivity contribution in [2.75, 3.05) is 5.32 Å². The second kappa shape index (κ2) is 7.46. The first kappa shape index (κ1) is 17.0. The zero-order chi connectivity index (χ0) is 18.6. The van der Waals surface area contributed by atoms with Crippen LogP contribution in [0.2, 0.25) is 0 Å². The largest absolute Gasteiger partial charge is 0.302 e. The summed E-state index contributed by atoms with van der Waals surface area (Å²) < 4.78 is 1.45. The minimum absolute atomic E-state index is 0.151. The molecule has 0 aliphatic heterocycles. The van der Waals surface area contributed by atoms with Crippen molar-refractivity contribution < 1.29 is 4.79 Å². The SMILES string of the molecule is O=C(CCn1cnc2ccccc2c1=O)Nc1nc(-c2cccnc2)cs1. The maximum atomic E-state index is 12.4. The van der Waals surface area contributed by atoms with Crippen molar-refractivity contribution in [1.29, 1.82) is 0 Å². The van der Waals surface area contributed by atoms with Gasteiger partial charge in [0.05, 0.1) is 22.9 Å². The van der Waals surface area contributed by atoms with Crippen molar-refractivity contribution in [3.63, 3.8) is 0 Å². The number of carbonyl (C=O) groups is 1. The minimum Gasteiger partial charge on any atom is -0.302 e. The molecule has 7 nitrogen and oxygen atoms in total. The molecule has 27 heavy (non-hydrogen) atoms. The number of para-hydroxylation sites is 1.